The molecule has 0 unspecified atom stereocenters. The Labute approximate surface area is 125 Å². The van der Waals surface area contributed by atoms with Crippen molar-refractivity contribution in [2.75, 3.05) is 5.32 Å². The third-order valence-corrected chi connectivity index (χ3v) is 3.16. The fourth-order valence-corrected chi connectivity index (χ4v) is 2.06. The first kappa shape index (κ1) is 13.4. The zero-order valence-electron chi connectivity index (χ0n) is 10.8. The van der Waals surface area contributed by atoms with E-state index in [1.165, 1.54) is 0 Å². The van der Waals surface area contributed by atoms with Gasteiger partial charge in [-0.25, -0.2) is 9.78 Å². The number of pyridine rings is 1. The SMILES string of the molecule is O=C(Nc1n[nH]c2c(Cl)nccc12)OCc1ccccc1. The lowest BCUT2D eigenvalue weighted by Crippen LogP contribution is -2.13. The topological polar surface area (TPSA) is 79.9 Å². The van der Waals surface area contributed by atoms with Gasteiger partial charge in [-0.3, -0.25) is 10.4 Å². The summed E-state index contributed by atoms with van der Waals surface area (Å²) in [4.78, 5) is 15.7. The number of carbonyl (C=O) groups excluding carboxylic acids is 1. The van der Waals surface area contributed by atoms with E-state index >= 15 is 0 Å². The van der Waals surface area contributed by atoms with E-state index in [0.29, 0.717) is 21.9 Å². The molecule has 2 heterocycles. The minimum atomic E-state index is -0.583. The number of rotatable bonds is 3. The highest BCUT2D eigenvalue weighted by atomic mass is 35.5. The number of amides is 1. The van der Waals surface area contributed by atoms with Gasteiger partial charge >= 0.3 is 6.09 Å². The van der Waals surface area contributed by atoms with Crippen molar-refractivity contribution in [2.45, 2.75) is 6.61 Å². The molecule has 0 aliphatic heterocycles. The number of nitrogens with one attached hydrogen (secondary N) is 2. The van der Waals surface area contributed by atoms with Gasteiger partial charge in [-0.15, -0.1) is 0 Å². The largest absolute Gasteiger partial charge is 0.444 e. The molecule has 3 aromatic rings. The lowest BCUT2D eigenvalue weighted by molar-refractivity contribution is 0.155. The number of ether oxygens (including phenoxy) is 1. The van der Waals surface area contributed by atoms with E-state index in [1.54, 1.807) is 12.3 Å². The number of aromatic amines is 1. The molecule has 0 bridgehead atoms. The van der Waals surface area contributed by atoms with Crippen LogP contribution in [0.3, 0.4) is 0 Å². The molecule has 0 fully saturated rings. The highest BCUT2D eigenvalue weighted by Crippen LogP contribution is 2.24. The summed E-state index contributed by atoms with van der Waals surface area (Å²) >= 11 is 5.92. The summed E-state index contributed by atoms with van der Waals surface area (Å²) in [7, 11) is 0. The van der Waals surface area contributed by atoms with E-state index in [9.17, 15) is 4.79 Å². The zero-order valence-corrected chi connectivity index (χ0v) is 11.6. The van der Waals surface area contributed by atoms with E-state index < -0.39 is 6.09 Å². The quantitative estimate of drug-likeness (QED) is 0.727. The molecule has 3 rings (SSSR count). The molecule has 21 heavy (non-hydrogen) atoms. The van der Waals surface area contributed by atoms with Crippen LogP contribution in [0.5, 0.6) is 0 Å². The van der Waals surface area contributed by atoms with E-state index in [1.807, 2.05) is 30.3 Å². The molecule has 1 amide bonds. The Hall–Kier alpha value is -2.60. The number of hydrogen-bond donors (Lipinski definition) is 2. The number of benzene rings is 1. The van der Waals surface area contributed by atoms with Crippen LogP contribution in [-0.2, 0) is 11.3 Å². The standard InChI is InChI=1S/C14H11ClN4O2/c15-12-11-10(6-7-16-12)13(19-18-11)17-14(20)21-8-9-4-2-1-3-5-9/h1-7H,8H2,(H2,17,18,19,20). The van der Waals surface area contributed by atoms with Crippen molar-refractivity contribution in [1.82, 2.24) is 15.2 Å². The first-order valence-corrected chi connectivity index (χ1v) is 6.58. The van der Waals surface area contributed by atoms with Crippen LogP contribution >= 0.6 is 11.6 Å². The molecule has 0 saturated carbocycles. The molecule has 1 aromatic carbocycles. The first-order chi connectivity index (χ1) is 10.2. The molecule has 0 spiro atoms. The lowest BCUT2D eigenvalue weighted by atomic mass is 10.2. The molecule has 106 valence electrons. The van der Waals surface area contributed by atoms with Crippen LogP contribution < -0.4 is 5.32 Å². The maximum Gasteiger partial charge on any atom is 0.413 e. The van der Waals surface area contributed by atoms with E-state index in [2.05, 4.69) is 20.5 Å². The fraction of sp³-hybridized carbons (Fsp3) is 0.0714. The maximum absolute atomic E-state index is 11.8. The average molecular weight is 303 g/mol. The first-order valence-electron chi connectivity index (χ1n) is 6.20. The van der Waals surface area contributed by atoms with Crippen LogP contribution in [0.1, 0.15) is 5.56 Å². The molecule has 0 radical (unpaired) electrons. The maximum atomic E-state index is 11.8. The number of nitrogens with zero attached hydrogens (tertiary/aromatic N) is 2. The number of fused-ring (bicyclic) bond motifs is 1. The Kier molecular flexibility index (Phi) is 3.70. The van der Waals surface area contributed by atoms with Crippen molar-refractivity contribution in [1.29, 1.82) is 0 Å². The van der Waals surface area contributed by atoms with Crippen molar-refractivity contribution in [3.05, 3.63) is 53.3 Å². The smallest absolute Gasteiger partial charge is 0.413 e. The molecule has 0 saturated heterocycles. The molecule has 7 heteroatoms. The summed E-state index contributed by atoms with van der Waals surface area (Å²) in [6.07, 6.45) is 0.959. The summed E-state index contributed by atoms with van der Waals surface area (Å²) in [5, 5.41) is 10.3. The van der Waals surface area contributed by atoms with Crippen molar-refractivity contribution < 1.29 is 9.53 Å². The molecule has 0 aliphatic rings. The number of H-pyrrole nitrogens is 1. The van der Waals surface area contributed by atoms with Crippen LogP contribution in [0.15, 0.2) is 42.6 Å². The molecule has 2 N–H and O–H groups in total. The van der Waals surface area contributed by atoms with Crippen LogP contribution in [0.25, 0.3) is 10.9 Å². The van der Waals surface area contributed by atoms with Crippen molar-refractivity contribution >= 4 is 34.4 Å². The summed E-state index contributed by atoms with van der Waals surface area (Å²) in [6, 6.07) is 11.1. The lowest BCUT2D eigenvalue weighted by Gasteiger charge is -2.05. The van der Waals surface area contributed by atoms with Gasteiger partial charge in [-0.2, -0.15) is 5.10 Å². The van der Waals surface area contributed by atoms with Gasteiger partial charge in [-0.1, -0.05) is 41.9 Å². The highest BCUT2D eigenvalue weighted by molar-refractivity contribution is 6.34. The van der Waals surface area contributed by atoms with Gasteiger partial charge in [0.15, 0.2) is 11.0 Å². The second-order valence-electron chi connectivity index (χ2n) is 4.28. The number of anilines is 1. The fourth-order valence-electron chi connectivity index (χ4n) is 1.86. The van der Waals surface area contributed by atoms with Crippen LogP contribution in [0.4, 0.5) is 10.6 Å². The summed E-state index contributed by atoms with van der Waals surface area (Å²) in [5.41, 5.74) is 1.48. The third-order valence-electron chi connectivity index (χ3n) is 2.87. The second kappa shape index (κ2) is 5.80. The molecular weight excluding hydrogens is 292 g/mol. The van der Waals surface area contributed by atoms with Crippen LogP contribution in [-0.4, -0.2) is 21.3 Å². The van der Waals surface area contributed by atoms with Gasteiger partial charge in [0.2, 0.25) is 0 Å². The minimum absolute atomic E-state index is 0.192. The molecular formula is C14H11ClN4O2. The van der Waals surface area contributed by atoms with Gasteiger partial charge in [0, 0.05) is 11.6 Å². The summed E-state index contributed by atoms with van der Waals surface area (Å²) in [5.74, 6) is 0.354. The number of hydrogen-bond acceptors (Lipinski definition) is 4. The minimum Gasteiger partial charge on any atom is -0.444 e. The molecule has 6 nitrogen and oxygen atoms in total. The van der Waals surface area contributed by atoms with E-state index in [0.717, 1.165) is 5.56 Å². The van der Waals surface area contributed by atoms with Crippen molar-refractivity contribution in [3.8, 4) is 0 Å². The van der Waals surface area contributed by atoms with Crippen molar-refractivity contribution in [2.24, 2.45) is 0 Å². The Morgan fingerprint density at radius 3 is 2.90 bits per heavy atom. The number of carbonyl (C=O) groups is 1. The van der Waals surface area contributed by atoms with E-state index in [-0.39, 0.29) is 6.61 Å². The molecule has 0 atom stereocenters. The average Bonchev–Trinajstić information content (AvgIpc) is 2.91. The molecule has 0 aliphatic carbocycles. The Morgan fingerprint density at radius 2 is 2.10 bits per heavy atom. The second-order valence-corrected chi connectivity index (χ2v) is 4.64. The van der Waals surface area contributed by atoms with Gasteiger partial charge in [0.1, 0.15) is 12.1 Å². The highest BCUT2D eigenvalue weighted by Gasteiger charge is 2.12. The van der Waals surface area contributed by atoms with Crippen LogP contribution in [0.2, 0.25) is 5.15 Å². The predicted octanol–water partition coefficient (Wildman–Crippen LogP) is 3.36. The Morgan fingerprint density at radius 1 is 1.29 bits per heavy atom. The molecule has 2 aromatic heterocycles. The van der Waals surface area contributed by atoms with Crippen molar-refractivity contribution in [3.63, 3.8) is 0 Å². The van der Waals surface area contributed by atoms with Gasteiger partial charge in [-0.05, 0) is 11.6 Å². The zero-order chi connectivity index (χ0) is 14.7. The van der Waals surface area contributed by atoms with E-state index in [4.69, 9.17) is 16.3 Å². The number of halogens is 1. The Balaban J connectivity index is 1.68. The van der Waals surface area contributed by atoms with Crippen LogP contribution in [0, 0.1) is 0 Å². The van der Waals surface area contributed by atoms with Gasteiger partial charge in [0.05, 0.1) is 0 Å². The monoisotopic (exact) mass is 302 g/mol. The van der Waals surface area contributed by atoms with Gasteiger partial charge < -0.3 is 4.74 Å². The summed E-state index contributed by atoms with van der Waals surface area (Å²) < 4.78 is 5.13. The summed E-state index contributed by atoms with van der Waals surface area (Å²) in [6.45, 7) is 0.192. The number of aromatic nitrogens is 3. The third kappa shape index (κ3) is 2.95. The normalized spacial score (nSPS) is 10.5. The Bertz CT molecular complexity index is 773. The predicted molar refractivity (Wildman–Crippen MR) is 79.1 cm³/mol. The van der Waals surface area contributed by atoms with Gasteiger partial charge in [0.25, 0.3) is 0 Å².